The lowest BCUT2D eigenvalue weighted by atomic mass is 9.95. The van der Waals surface area contributed by atoms with Gasteiger partial charge in [0, 0.05) is 50.7 Å². The second-order valence-electron chi connectivity index (χ2n) is 24.5. The Kier molecular flexibility index (Phi) is 39.5. The molecule has 0 bridgehead atoms. The number of Topliss-reactive ketones (excluding diaryl/α,β-unsaturated/α-hetero) is 1. The van der Waals surface area contributed by atoms with Crippen LogP contribution in [0.15, 0.2) is 246 Å². The number of hydrogen-bond donors (Lipinski definition) is 5. The molecular formula is C77H75Br13O13. The Hall–Kier alpha value is -2.48. The van der Waals surface area contributed by atoms with Crippen LogP contribution in [0.25, 0.3) is 0 Å². The Morgan fingerprint density at radius 2 is 0.699 bits per heavy atom. The first kappa shape index (κ1) is 92.9. The summed E-state index contributed by atoms with van der Waals surface area (Å²) in [6.07, 6.45) is 4.37. The number of fused-ring (bicyclic) bond motifs is 3. The van der Waals surface area contributed by atoms with Crippen LogP contribution in [-0.4, -0.2) is 65.4 Å². The van der Waals surface area contributed by atoms with Gasteiger partial charge in [0.1, 0.15) is 0 Å². The number of aryl methyl sites for hydroxylation is 6. The number of allylic oxidation sites excluding steroid dienone is 2. The number of hydrogen-bond acceptors (Lipinski definition) is 13. The van der Waals surface area contributed by atoms with Gasteiger partial charge in [-0.15, -0.1) is 0 Å². The van der Waals surface area contributed by atoms with Crippen LogP contribution in [-0.2, 0) is 4.79 Å². The van der Waals surface area contributed by atoms with E-state index >= 15 is 0 Å². The van der Waals surface area contributed by atoms with Gasteiger partial charge in [-0.25, -0.2) is 0 Å². The van der Waals surface area contributed by atoms with Gasteiger partial charge in [0.2, 0.25) is 5.43 Å². The minimum Gasteiger partial charge on any atom is -0.504 e. The van der Waals surface area contributed by atoms with Crippen LogP contribution in [0.4, 0.5) is 0 Å². The molecule has 0 saturated heterocycles. The van der Waals surface area contributed by atoms with Crippen molar-refractivity contribution in [2.75, 3.05) is 0 Å². The summed E-state index contributed by atoms with van der Waals surface area (Å²) in [5.74, 6) is 2.14. The van der Waals surface area contributed by atoms with Crippen molar-refractivity contribution in [1.82, 2.24) is 0 Å². The normalized spacial score (nSPS) is 22.0. The maximum atomic E-state index is 11.5. The van der Waals surface area contributed by atoms with Crippen molar-refractivity contribution in [3.8, 4) is 5.75 Å². The number of carbonyl (C=O) groups is 1. The van der Waals surface area contributed by atoms with Gasteiger partial charge in [0.15, 0.2) is 44.1 Å². The Morgan fingerprint density at radius 1 is 0.340 bits per heavy atom. The van der Waals surface area contributed by atoms with Crippen molar-refractivity contribution in [3.05, 3.63) is 318 Å². The van der Waals surface area contributed by atoms with Crippen LogP contribution in [0.2, 0.25) is 0 Å². The molecule has 0 aromatic heterocycles. The zero-order valence-electron chi connectivity index (χ0n) is 56.5. The van der Waals surface area contributed by atoms with Crippen LogP contribution in [0, 0.1) is 77.0 Å². The van der Waals surface area contributed by atoms with Gasteiger partial charge in [-0.2, -0.15) is 0 Å². The number of carbonyl (C=O) groups excluding carboxylic acids is 1. The van der Waals surface area contributed by atoms with E-state index in [2.05, 4.69) is 207 Å². The number of rotatable bonds is 0. The molecule has 6 aliphatic rings. The zero-order chi connectivity index (χ0) is 77.6. The maximum absolute atomic E-state index is 11.5. The number of ketones is 1. The van der Waals surface area contributed by atoms with Crippen molar-refractivity contribution >= 4 is 213 Å². The van der Waals surface area contributed by atoms with Gasteiger partial charge >= 0.3 is 0 Å². The van der Waals surface area contributed by atoms with Gasteiger partial charge in [-0.1, -0.05) is 270 Å². The summed E-state index contributed by atoms with van der Waals surface area (Å²) in [5, 5.41) is 46.5. The number of aliphatic hydroxyl groups excluding tert-OH is 4. The molecule has 0 radical (unpaired) electrons. The summed E-state index contributed by atoms with van der Waals surface area (Å²) in [6.45, 7) is 12.7. The second-order valence-corrected chi connectivity index (χ2v) is 41.9. The fourth-order valence-corrected chi connectivity index (χ4v) is 18.5. The molecule has 5 fully saturated rings. The third-order valence-corrected chi connectivity index (χ3v) is 27.0. The minimum atomic E-state index is -0.549. The lowest BCUT2D eigenvalue weighted by molar-refractivity contribution is -0.117. The summed E-state index contributed by atoms with van der Waals surface area (Å²) < 4.78 is 5.37. The van der Waals surface area contributed by atoms with E-state index in [9.17, 15) is 58.8 Å². The topological polar surface area (TPSA) is 238 Å². The Bertz CT molecular complexity index is 4250. The molecule has 0 heterocycles. The van der Waals surface area contributed by atoms with Crippen LogP contribution in [0.1, 0.15) is 72.4 Å². The fraction of sp³-hybridized carbons (Fsp3) is 0.325. The molecule has 0 spiro atoms. The average Bonchev–Trinajstić information content (AvgIpc) is 1.57. The van der Waals surface area contributed by atoms with E-state index in [0.29, 0.717) is 32.5 Å². The van der Waals surface area contributed by atoms with E-state index in [1.807, 2.05) is 79.7 Å². The first-order valence-electron chi connectivity index (χ1n) is 31.7. The molecule has 13 nitrogen and oxygen atoms in total. The van der Waals surface area contributed by atoms with Crippen LogP contribution in [0.5, 0.6) is 5.75 Å². The largest absolute Gasteiger partial charge is 0.504 e. The highest BCUT2D eigenvalue weighted by molar-refractivity contribution is 9.26. The Labute approximate surface area is 708 Å². The predicted molar refractivity (Wildman–Crippen MR) is 462 cm³/mol. The number of halogens is 13. The quantitative estimate of drug-likeness (QED) is 0.0890. The molecule has 26 heteroatoms. The second kappa shape index (κ2) is 43.8. The SMILES string of the molecule is CC1=CCC2C(C1=O)C2(Br)Br.Cc1cc(Br)cccc1=O.Cc1ccc(Br)ccc1=O.Cc1cccc(Br)cc1=O.Cc1cccc(Br)cc1=O.Cc1cccc(Br)cc1=O.Cc1ccccc(Br)c1=O.O=c1cc(Br)cccc1O.OC1CCC2C(C1O)C2(Br)Br.OC1CCC2C(C1O)C2(Br)Br. The Balaban J connectivity index is 0.000000243. The van der Waals surface area contributed by atoms with Crippen LogP contribution in [0.3, 0.4) is 0 Å². The van der Waals surface area contributed by atoms with Gasteiger partial charge in [-0.05, 0) is 238 Å². The van der Waals surface area contributed by atoms with Gasteiger partial charge in [0.25, 0.3) is 0 Å². The number of aromatic hydroxyl groups is 1. The average molecular weight is 2250 g/mol. The highest BCUT2D eigenvalue weighted by atomic mass is 79.9. The van der Waals surface area contributed by atoms with E-state index in [1.165, 1.54) is 12.1 Å². The van der Waals surface area contributed by atoms with Gasteiger partial charge < -0.3 is 25.5 Å². The van der Waals surface area contributed by atoms with Crippen molar-refractivity contribution in [3.63, 3.8) is 0 Å². The third kappa shape index (κ3) is 30.0. The number of aliphatic hydroxyl groups is 4. The molecule has 6 aliphatic carbocycles. The van der Waals surface area contributed by atoms with E-state index in [4.69, 9.17) is 5.11 Å². The molecule has 103 heavy (non-hydrogen) atoms. The van der Waals surface area contributed by atoms with Crippen molar-refractivity contribution in [2.45, 2.75) is 115 Å². The minimum absolute atomic E-state index is 0.0602. The third-order valence-electron chi connectivity index (χ3n) is 16.8. The van der Waals surface area contributed by atoms with E-state index < -0.39 is 24.4 Å². The van der Waals surface area contributed by atoms with Gasteiger partial charge in [0.05, 0.1) is 44.5 Å². The van der Waals surface area contributed by atoms with E-state index in [-0.39, 0.29) is 71.2 Å². The molecular weight excluding hydrogens is 2170 g/mol. The predicted octanol–water partition coefficient (Wildman–Crippen LogP) is 19.3. The standard InChI is InChI=1S/C8H8Br2O.6C8H7BrO.2C7H10Br2O2.C7H5BrO2/c1-4-2-3-5-6(7(4)11)8(5,9)10;1-6-2-3-7(9)4-5-8(6)10;1-6-5-7(9)3-2-4-8(6)10;3*1-6-3-2-4-7(9)5-8(6)10;1-6-4-2-3-5-7(9)8(6)10;2*8-7(9)3-1-2-4(10)6(11)5(3)7;8-5-2-1-3-6(9)7(10)4-5/h2,5-6H,3H2,1H3;6*2-5H,1H3;2*3-6,10-11H,1-2H2;1-4H,(H,9,10). The molecule has 10 unspecified atom stereocenters. The summed E-state index contributed by atoms with van der Waals surface area (Å²) in [5.41, 5.74) is 5.55. The van der Waals surface area contributed by atoms with E-state index in [1.54, 1.807) is 133 Å². The van der Waals surface area contributed by atoms with Crippen molar-refractivity contribution in [1.29, 1.82) is 0 Å². The fourth-order valence-electron chi connectivity index (χ4n) is 10.2. The first-order valence-corrected chi connectivity index (χ1v) is 42.0. The molecule has 5 saturated carbocycles. The smallest absolute Gasteiger partial charge is 0.221 e. The zero-order valence-corrected chi connectivity index (χ0v) is 77.1. The maximum Gasteiger partial charge on any atom is 0.221 e. The molecule has 552 valence electrons. The molecule has 7 aromatic carbocycles. The van der Waals surface area contributed by atoms with Gasteiger partial charge in [-0.3, -0.25) is 38.4 Å². The van der Waals surface area contributed by atoms with E-state index in [0.717, 1.165) is 93.4 Å². The molecule has 13 rings (SSSR count). The monoisotopic (exact) mass is 2230 g/mol. The summed E-state index contributed by atoms with van der Waals surface area (Å²) >= 11 is 43.5. The van der Waals surface area contributed by atoms with Crippen LogP contribution >= 0.6 is 207 Å². The first-order chi connectivity index (χ1) is 48.1. The summed E-state index contributed by atoms with van der Waals surface area (Å²) in [7, 11) is 0. The van der Waals surface area contributed by atoms with Crippen molar-refractivity contribution < 1.29 is 30.3 Å². The van der Waals surface area contributed by atoms with Crippen LogP contribution < -0.4 is 38.0 Å². The highest BCUT2D eigenvalue weighted by Crippen LogP contribution is 2.69. The number of alkyl halides is 6. The summed E-state index contributed by atoms with van der Waals surface area (Å²) in [4.78, 5) is 88.3. The molecule has 5 N–H and O–H groups in total. The molecule has 10 atom stereocenters. The van der Waals surface area contributed by atoms with Crippen molar-refractivity contribution in [2.24, 2.45) is 35.5 Å². The molecule has 7 aromatic rings. The molecule has 0 aliphatic heterocycles. The lowest BCUT2D eigenvalue weighted by Crippen LogP contribution is -2.32. The Morgan fingerprint density at radius 3 is 1.13 bits per heavy atom. The molecule has 0 amide bonds. The summed E-state index contributed by atoms with van der Waals surface area (Å²) in [6, 6.07) is 48.2. The lowest BCUT2D eigenvalue weighted by Gasteiger charge is -2.21. The highest BCUT2D eigenvalue weighted by Gasteiger charge is 2.68.